The lowest BCUT2D eigenvalue weighted by molar-refractivity contribution is -0.384. The Hall–Kier alpha value is -3.42. The summed E-state index contributed by atoms with van der Waals surface area (Å²) in [5.74, 6) is -1.27. The summed E-state index contributed by atoms with van der Waals surface area (Å²) in [4.78, 5) is 35.8. The molecule has 30 heavy (non-hydrogen) atoms. The highest BCUT2D eigenvalue weighted by Gasteiger charge is 2.27. The van der Waals surface area contributed by atoms with Gasteiger partial charge >= 0.3 is 5.97 Å². The minimum absolute atomic E-state index is 0.0189. The molecule has 1 aliphatic carbocycles. The standard InChI is InChI=1S/C22H25N3O5/c1-12-9-13(2)20(14(3)10-12)24-21(26)15(4)30-22(27)16-5-8-18(23-17-6-7-17)19(11-16)25(28)29/h5,8-11,15,17,23H,6-7H2,1-4H3,(H,24,26)/t15-/m1/s1. The van der Waals surface area contributed by atoms with Gasteiger partial charge in [-0.2, -0.15) is 0 Å². The number of carbonyl (C=O) groups is 2. The van der Waals surface area contributed by atoms with Crippen LogP contribution in [0.4, 0.5) is 17.1 Å². The molecule has 0 aliphatic heterocycles. The Morgan fingerprint density at radius 1 is 1.13 bits per heavy atom. The monoisotopic (exact) mass is 411 g/mol. The first kappa shape index (κ1) is 21.3. The van der Waals surface area contributed by atoms with E-state index >= 15 is 0 Å². The van der Waals surface area contributed by atoms with E-state index in [1.165, 1.54) is 25.1 Å². The maximum absolute atomic E-state index is 12.5. The molecule has 0 saturated heterocycles. The largest absolute Gasteiger partial charge is 0.449 e. The molecular weight excluding hydrogens is 386 g/mol. The Bertz CT molecular complexity index is 991. The first-order valence-corrected chi connectivity index (χ1v) is 9.80. The molecule has 2 aromatic carbocycles. The zero-order valence-corrected chi connectivity index (χ0v) is 17.4. The summed E-state index contributed by atoms with van der Waals surface area (Å²) in [5, 5.41) is 17.2. The van der Waals surface area contributed by atoms with Crippen molar-refractivity contribution in [2.45, 2.75) is 52.7 Å². The summed E-state index contributed by atoms with van der Waals surface area (Å²) in [6.07, 6.45) is 0.863. The lowest BCUT2D eigenvalue weighted by Crippen LogP contribution is -2.30. The summed E-state index contributed by atoms with van der Waals surface area (Å²) in [6, 6.07) is 8.27. The number of nitrogens with zero attached hydrogens (tertiary/aromatic N) is 1. The highest BCUT2D eigenvalue weighted by Crippen LogP contribution is 2.31. The summed E-state index contributed by atoms with van der Waals surface area (Å²) < 4.78 is 5.25. The minimum atomic E-state index is -1.07. The van der Waals surface area contributed by atoms with Crippen LogP contribution in [0.3, 0.4) is 0 Å². The van der Waals surface area contributed by atoms with Crippen LogP contribution in [0.15, 0.2) is 30.3 Å². The number of amides is 1. The van der Waals surface area contributed by atoms with E-state index in [2.05, 4.69) is 10.6 Å². The number of ether oxygens (including phenoxy) is 1. The van der Waals surface area contributed by atoms with Gasteiger partial charge in [0.05, 0.1) is 10.5 Å². The van der Waals surface area contributed by atoms with E-state index in [-0.39, 0.29) is 17.3 Å². The zero-order valence-electron chi connectivity index (χ0n) is 17.4. The van der Waals surface area contributed by atoms with Gasteiger partial charge in [0.25, 0.3) is 11.6 Å². The first-order chi connectivity index (χ1) is 14.2. The van der Waals surface area contributed by atoms with Crippen LogP contribution < -0.4 is 10.6 Å². The van der Waals surface area contributed by atoms with Crippen LogP contribution in [0.25, 0.3) is 0 Å². The number of hydrogen-bond acceptors (Lipinski definition) is 6. The van der Waals surface area contributed by atoms with Gasteiger partial charge in [0, 0.05) is 17.8 Å². The second-order valence-corrected chi connectivity index (χ2v) is 7.72. The molecule has 0 unspecified atom stereocenters. The minimum Gasteiger partial charge on any atom is -0.449 e. The second-order valence-electron chi connectivity index (χ2n) is 7.72. The Labute approximate surface area is 174 Å². The molecule has 8 heteroatoms. The molecule has 1 fully saturated rings. The molecule has 2 N–H and O–H groups in total. The predicted octanol–water partition coefficient (Wildman–Crippen LogP) is 4.28. The Balaban J connectivity index is 1.69. The molecule has 0 heterocycles. The molecule has 158 valence electrons. The molecule has 0 aromatic heterocycles. The summed E-state index contributed by atoms with van der Waals surface area (Å²) in [7, 11) is 0. The maximum Gasteiger partial charge on any atom is 0.339 e. The van der Waals surface area contributed by atoms with Gasteiger partial charge < -0.3 is 15.4 Å². The van der Waals surface area contributed by atoms with Crippen molar-refractivity contribution in [1.29, 1.82) is 0 Å². The number of nitro benzene ring substituents is 1. The third kappa shape index (κ3) is 4.94. The van der Waals surface area contributed by atoms with E-state index < -0.39 is 22.9 Å². The number of carbonyl (C=O) groups excluding carboxylic acids is 2. The van der Waals surface area contributed by atoms with E-state index in [1.807, 2.05) is 32.9 Å². The number of esters is 1. The third-order valence-electron chi connectivity index (χ3n) is 4.95. The summed E-state index contributed by atoms with van der Waals surface area (Å²) >= 11 is 0. The normalized spacial score (nSPS) is 14.0. The molecule has 1 aliphatic rings. The molecule has 8 nitrogen and oxygen atoms in total. The van der Waals surface area contributed by atoms with Gasteiger partial charge in [0.1, 0.15) is 5.69 Å². The molecule has 0 spiro atoms. The molecule has 3 rings (SSSR count). The molecule has 1 atom stereocenters. The quantitative estimate of drug-likeness (QED) is 0.400. The van der Waals surface area contributed by atoms with Crippen molar-refractivity contribution in [3.05, 3.63) is 62.7 Å². The molecular formula is C22H25N3O5. The first-order valence-electron chi connectivity index (χ1n) is 9.80. The molecule has 2 aromatic rings. The predicted molar refractivity (Wildman–Crippen MR) is 114 cm³/mol. The highest BCUT2D eigenvalue weighted by molar-refractivity contribution is 5.98. The fourth-order valence-corrected chi connectivity index (χ4v) is 3.26. The van der Waals surface area contributed by atoms with E-state index in [0.717, 1.165) is 29.5 Å². The Kier molecular flexibility index (Phi) is 6.05. The number of benzene rings is 2. The average Bonchev–Trinajstić information content (AvgIpc) is 3.48. The van der Waals surface area contributed by atoms with E-state index in [0.29, 0.717) is 11.4 Å². The number of aryl methyl sites for hydroxylation is 3. The van der Waals surface area contributed by atoms with Crippen LogP contribution in [0.1, 0.15) is 46.8 Å². The van der Waals surface area contributed by atoms with Gasteiger partial charge in [0.15, 0.2) is 6.10 Å². The van der Waals surface area contributed by atoms with Crippen LogP contribution in [0.2, 0.25) is 0 Å². The topological polar surface area (TPSA) is 111 Å². The van der Waals surface area contributed by atoms with E-state index in [9.17, 15) is 19.7 Å². The smallest absolute Gasteiger partial charge is 0.339 e. The van der Waals surface area contributed by atoms with Gasteiger partial charge in [-0.05, 0) is 63.8 Å². The molecule has 1 saturated carbocycles. The van der Waals surface area contributed by atoms with Crippen molar-refractivity contribution >= 4 is 28.9 Å². The molecule has 0 bridgehead atoms. The number of nitrogens with one attached hydrogen (secondary N) is 2. The van der Waals surface area contributed by atoms with Crippen LogP contribution in [-0.4, -0.2) is 28.9 Å². The average molecular weight is 411 g/mol. The number of nitro groups is 1. The lowest BCUT2D eigenvalue weighted by Gasteiger charge is -2.17. The van der Waals surface area contributed by atoms with Crippen molar-refractivity contribution in [1.82, 2.24) is 0 Å². The highest BCUT2D eigenvalue weighted by atomic mass is 16.6. The SMILES string of the molecule is Cc1cc(C)c(NC(=O)[C@@H](C)OC(=O)c2ccc(NC3CC3)c([N+](=O)[O-])c2)c(C)c1. The van der Waals surface area contributed by atoms with Crippen LogP contribution >= 0.6 is 0 Å². The van der Waals surface area contributed by atoms with Crippen molar-refractivity contribution in [3.8, 4) is 0 Å². The van der Waals surface area contributed by atoms with Crippen molar-refractivity contribution < 1.29 is 19.2 Å². The second kappa shape index (κ2) is 8.52. The Morgan fingerprint density at radius 2 is 1.77 bits per heavy atom. The van der Waals surface area contributed by atoms with Gasteiger partial charge in [-0.3, -0.25) is 14.9 Å². The number of hydrogen-bond donors (Lipinski definition) is 2. The fourth-order valence-electron chi connectivity index (χ4n) is 3.26. The summed E-state index contributed by atoms with van der Waals surface area (Å²) in [6.45, 7) is 7.22. The van der Waals surface area contributed by atoms with Gasteiger partial charge in [-0.25, -0.2) is 4.79 Å². The third-order valence-corrected chi connectivity index (χ3v) is 4.95. The fraction of sp³-hybridized carbons (Fsp3) is 0.364. The van der Waals surface area contributed by atoms with E-state index in [1.54, 1.807) is 0 Å². The molecule has 0 radical (unpaired) electrons. The van der Waals surface area contributed by atoms with Gasteiger partial charge in [-0.15, -0.1) is 0 Å². The Morgan fingerprint density at radius 3 is 2.33 bits per heavy atom. The maximum atomic E-state index is 12.5. The van der Waals surface area contributed by atoms with Crippen LogP contribution in [-0.2, 0) is 9.53 Å². The van der Waals surface area contributed by atoms with Crippen molar-refractivity contribution in [2.24, 2.45) is 0 Å². The van der Waals surface area contributed by atoms with Crippen molar-refractivity contribution in [2.75, 3.05) is 10.6 Å². The molecule has 1 amide bonds. The number of anilines is 2. The zero-order chi connectivity index (χ0) is 22.0. The lowest BCUT2D eigenvalue weighted by atomic mass is 10.0. The van der Waals surface area contributed by atoms with Crippen LogP contribution in [0, 0.1) is 30.9 Å². The van der Waals surface area contributed by atoms with Crippen molar-refractivity contribution in [3.63, 3.8) is 0 Å². The number of rotatable bonds is 7. The van der Waals surface area contributed by atoms with Gasteiger partial charge in [0.2, 0.25) is 0 Å². The van der Waals surface area contributed by atoms with Gasteiger partial charge in [-0.1, -0.05) is 17.7 Å². The summed E-state index contributed by atoms with van der Waals surface area (Å²) in [5.41, 5.74) is 3.78. The van der Waals surface area contributed by atoms with E-state index in [4.69, 9.17) is 4.74 Å². The van der Waals surface area contributed by atoms with Crippen LogP contribution in [0.5, 0.6) is 0 Å².